The summed E-state index contributed by atoms with van der Waals surface area (Å²) in [6.07, 6.45) is 54.0. The second kappa shape index (κ2) is 42.1. The van der Waals surface area contributed by atoms with E-state index in [2.05, 4.69) is 118 Å². The van der Waals surface area contributed by atoms with Crippen molar-refractivity contribution in [3.05, 3.63) is 97.2 Å². The molecule has 0 N–H and O–H groups in total. The van der Waals surface area contributed by atoms with E-state index in [0.29, 0.717) is 19.3 Å². The van der Waals surface area contributed by atoms with Crippen molar-refractivity contribution < 1.29 is 28.6 Å². The fourth-order valence-electron chi connectivity index (χ4n) is 5.16. The largest absolute Gasteiger partial charge is 0.462 e. The van der Waals surface area contributed by atoms with Crippen LogP contribution in [0.3, 0.4) is 0 Å². The third-order valence-corrected chi connectivity index (χ3v) is 8.33. The van der Waals surface area contributed by atoms with Gasteiger partial charge in [-0.2, -0.15) is 0 Å². The van der Waals surface area contributed by atoms with Crippen LogP contribution in [0.2, 0.25) is 0 Å². The van der Waals surface area contributed by atoms with Gasteiger partial charge in [0.05, 0.1) is 0 Å². The van der Waals surface area contributed by atoms with Gasteiger partial charge in [-0.3, -0.25) is 14.4 Å². The lowest BCUT2D eigenvalue weighted by Gasteiger charge is -2.18. The van der Waals surface area contributed by atoms with Crippen molar-refractivity contribution in [3.63, 3.8) is 0 Å². The summed E-state index contributed by atoms with van der Waals surface area (Å²) in [5, 5.41) is 0. The maximum Gasteiger partial charge on any atom is 0.306 e. The Hall–Kier alpha value is -3.67. The number of carbonyl (C=O) groups excluding carboxylic acids is 3. The minimum atomic E-state index is -0.821. The van der Waals surface area contributed by atoms with E-state index in [0.717, 1.165) is 109 Å². The second-order valence-electron chi connectivity index (χ2n) is 13.5. The predicted octanol–water partition coefficient (Wildman–Crippen LogP) is 13.5. The van der Waals surface area contributed by atoms with Crippen LogP contribution in [0.1, 0.15) is 168 Å². The van der Waals surface area contributed by atoms with Gasteiger partial charge in [-0.25, -0.2) is 0 Å². The van der Waals surface area contributed by atoms with Crippen molar-refractivity contribution in [1.82, 2.24) is 0 Å². The highest BCUT2D eigenvalue weighted by atomic mass is 16.6. The Kier molecular flexibility index (Phi) is 39.2. The number of carbonyl (C=O) groups is 3. The molecule has 0 bridgehead atoms. The molecule has 0 aliphatic heterocycles. The molecule has 0 aromatic carbocycles. The summed E-state index contributed by atoms with van der Waals surface area (Å²) in [4.78, 5) is 37.6. The molecule has 6 nitrogen and oxygen atoms in total. The molecule has 0 spiro atoms. The van der Waals surface area contributed by atoms with Crippen LogP contribution in [-0.4, -0.2) is 37.2 Å². The molecular formula is C48H76O6. The molecule has 0 radical (unpaired) electrons. The molecule has 0 saturated heterocycles. The molecular weight excluding hydrogens is 673 g/mol. The highest BCUT2D eigenvalue weighted by Crippen LogP contribution is 2.10. The van der Waals surface area contributed by atoms with Crippen molar-refractivity contribution >= 4 is 17.9 Å². The van der Waals surface area contributed by atoms with Crippen LogP contribution >= 0.6 is 0 Å². The van der Waals surface area contributed by atoms with Crippen molar-refractivity contribution in [2.24, 2.45) is 0 Å². The van der Waals surface area contributed by atoms with Gasteiger partial charge in [0, 0.05) is 19.3 Å². The van der Waals surface area contributed by atoms with Gasteiger partial charge in [-0.05, 0) is 96.3 Å². The summed E-state index contributed by atoms with van der Waals surface area (Å²) in [5.41, 5.74) is 0. The van der Waals surface area contributed by atoms with E-state index in [1.165, 1.54) is 12.8 Å². The molecule has 0 rings (SSSR count). The van der Waals surface area contributed by atoms with Crippen LogP contribution in [0.25, 0.3) is 0 Å². The van der Waals surface area contributed by atoms with Gasteiger partial charge in [0.1, 0.15) is 13.2 Å². The van der Waals surface area contributed by atoms with Crippen LogP contribution in [0.5, 0.6) is 0 Å². The molecule has 0 heterocycles. The van der Waals surface area contributed by atoms with Crippen molar-refractivity contribution in [2.75, 3.05) is 13.2 Å². The van der Waals surface area contributed by atoms with Gasteiger partial charge in [0.15, 0.2) is 6.10 Å². The summed E-state index contributed by atoms with van der Waals surface area (Å²) in [6, 6.07) is 0. The molecule has 0 amide bonds. The zero-order valence-corrected chi connectivity index (χ0v) is 34.4. The molecule has 0 aliphatic rings. The molecule has 54 heavy (non-hydrogen) atoms. The number of ether oxygens (including phenoxy) is 3. The lowest BCUT2D eigenvalue weighted by molar-refractivity contribution is -0.167. The lowest BCUT2D eigenvalue weighted by atomic mass is 10.1. The Balaban J connectivity index is 4.54. The molecule has 6 heteroatoms. The number of esters is 3. The minimum absolute atomic E-state index is 0.120. The van der Waals surface area contributed by atoms with Gasteiger partial charge in [-0.1, -0.05) is 150 Å². The molecule has 0 aromatic rings. The smallest absolute Gasteiger partial charge is 0.306 e. The first-order chi connectivity index (χ1) is 26.5. The summed E-state index contributed by atoms with van der Waals surface area (Å²) < 4.78 is 16.6. The maximum absolute atomic E-state index is 12.6. The van der Waals surface area contributed by atoms with Crippen LogP contribution in [-0.2, 0) is 28.6 Å². The molecule has 304 valence electrons. The first-order valence-electron chi connectivity index (χ1n) is 21.3. The average Bonchev–Trinajstić information content (AvgIpc) is 3.17. The van der Waals surface area contributed by atoms with Gasteiger partial charge in [-0.15, -0.1) is 0 Å². The number of unbranched alkanes of at least 4 members (excludes halogenated alkanes) is 10. The Morgan fingerprint density at radius 2 is 0.796 bits per heavy atom. The summed E-state index contributed by atoms with van der Waals surface area (Å²) in [7, 11) is 0. The topological polar surface area (TPSA) is 78.9 Å². The maximum atomic E-state index is 12.6. The predicted molar refractivity (Wildman–Crippen MR) is 228 cm³/mol. The van der Waals surface area contributed by atoms with Gasteiger partial charge < -0.3 is 14.2 Å². The standard InChI is InChI=1S/C48H76O6/c1-4-7-10-13-16-19-22-23-24-27-29-32-35-38-41-47(50)53-44-45(54-48(51)42-39-36-33-30-26-21-18-15-12-9-6-3)43-52-46(49)40-37-34-31-28-25-20-17-14-11-8-5-2/h7,9-10,12,14,16-21,23-25,30,33,45H,4-6,8,11,13,15,22,26-29,31-32,34-44H2,1-3H3/b10-7-,12-9-,17-14-,19-16-,21-18-,24-23-,25-20-,33-30-. The highest BCUT2D eigenvalue weighted by molar-refractivity contribution is 5.71. The van der Waals surface area contributed by atoms with Crippen molar-refractivity contribution in [2.45, 2.75) is 175 Å². The Labute approximate surface area is 330 Å². The molecule has 1 unspecified atom stereocenters. The number of allylic oxidation sites excluding steroid dienone is 16. The zero-order chi connectivity index (χ0) is 39.4. The molecule has 0 fully saturated rings. The SMILES string of the molecule is CC/C=C\C/C=C\C/C=C\CCCCCCC(=O)OCC(COC(=O)CCCCC/C=C\C=C/CCCC)OC(=O)CCC/C=C\C/C=C\C/C=C\CC. The summed E-state index contributed by atoms with van der Waals surface area (Å²) in [5.74, 6) is -1.04. The van der Waals surface area contributed by atoms with E-state index in [-0.39, 0.29) is 37.5 Å². The summed E-state index contributed by atoms with van der Waals surface area (Å²) >= 11 is 0. The van der Waals surface area contributed by atoms with Crippen LogP contribution in [0.15, 0.2) is 97.2 Å². The average molecular weight is 749 g/mol. The first kappa shape index (κ1) is 50.3. The second-order valence-corrected chi connectivity index (χ2v) is 13.5. The van der Waals surface area contributed by atoms with Crippen LogP contribution in [0, 0.1) is 0 Å². The molecule has 0 aromatic heterocycles. The number of rotatable bonds is 36. The summed E-state index contributed by atoms with van der Waals surface area (Å²) in [6.45, 7) is 6.22. The number of hydrogen-bond donors (Lipinski definition) is 0. The van der Waals surface area contributed by atoms with Crippen LogP contribution in [0.4, 0.5) is 0 Å². The monoisotopic (exact) mass is 749 g/mol. The Bertz CT molecular complexity index is 1140. The Morgan fingerprint density at radius 1 is 0.407 bits per heavy atom. The van der Waals surface area contributed by atoms with E-state index in [1.54, 1.807) is 0 Å². The van der Waals surface area contributed by atoms with Gasteiger partial charge >= 0.3 is 17.9 Å². The van der Waals surface area contributed by atoms with Crippen LogP contribution < -0.4 is 0 Å². The van der Waals surface area contributed by atoms with E-state index >= 15 is 0 Å². The van der Waals surface area contributed by atoms with E-state index < -0.39 is 6.10 Å². The third kappa shape index (κ3) is 39.5. The van der Waals surface area contributed by atoms with E-state index in [4.69, 9.17) is 14.2 Å². The van der Waals surface area contributed by atoms with Crippen molar-refractivity contribution in [3.8, 4) is 0 Å². The normalized spacial score (nSPS) is 13.0. The van der Waals surface area contributed by atoms with Gasteiger partial charge in [0.25, 0.3) is 0 Å². The van der Waals surface area contributed by atoms with E-state index in [1.807, 2.05) is 0 Å². The van der Waals surface area contributed by atoms with Crippen molar-refractivity contribution in [1.29, 1.82) is 0 Å². The first-order valence-corrected chi connectivity index (χ1v) is 21.3. The molecule has 0 saturated carbocycles. The molecule has 1 atom stereocenters. The Morgan fingerprint density at radius 3 is 1.30 bits per heavy atom. The highest BCUT2D eigenvalue weighted by Gasteiger charge is 2.19. The van der Waals surface area contributed by atoms with E-state index in [9.17, 15) is 14.4 Å². The lowest BCUT2D eigenvalue weighted by Crippen LogP contribution is -2.30. The fraction of sp³-hybridized carbons (Fsp3) is 0.604. The number of hydrogen-bond acceptors (Lipinski definition) is 6. The quantitative estimate of drug-likeness (QED) is 0.0209. The third-order valence-electron chi connectivity index (χ3n) is 8.33. The molecule has 0 aliphatic carbocycles. The minimum Gasteiger partial charge on any atom is -0.462 e. The van der Waals surface area contributed by atoms with Gasteiger partial charge in [0.2, 0.25) is 0 Å². The zero-order valence-electron chi connectivity index (χ0n) is 34.4. The fourth-order valence-corrected chi connectivity index (χ4v) is 5.16.